The van der Waals surface area contributed by atoms with Gasteiger partial charge in [-0.3, -0.25) is 4.79 Å². The Morgan fingerprint density at radius 3 is 2.70 bits per heavy atom. The van der Waals surface area contributed by atoms with Crippen LogP contribution in [0.4, 0.5) is 19.0 Å². The first kappa shape index (κ1) is 25.3. The van der Waals surface area contributed by atoms with Crippen LogP contribution in [-0.4, -0.2) is 52.9 Å². The molecule has 3 aromatic rings. The minimum absolute atomic E-state index is 0.124. The van der Waals surface area contributed by atoms with Gasteiger partial charge in [-0.1, -0.05) is 24.8 Å². The number of fused-ring (bicyclic) bond motifs is 3. The SMILES string of the molecule is C=CC(=O)N1CC2(CCN(c3nc4c(c(-c5ccccc5F)c3C#N)CC[C@]3(c5scnc5C)[C@@H]4C3(F)F)C2)C1. The fourth-order valence-corrected chi connectivity index (χ4v) is 8.57. The minimum atomic E-state index is -3.04. The average molecular weight is 562 g/mol. The molecule has 0 N–H and O–H groups in total. The standard InChI is InChI=1S/C30H26F3N5OS/c1-3-22(39)38-14-28(15-38)10-11-37(13-28)27-20(12-34)23(18-6-4-5-7-21(18)31)19-8-9-29(26-17(2)35-16-40-26)25(24(19)36-27)30(29,32)33/h3-7,16,25H,1,8-11,13-15H2,2H3/t25-,29-/m1/s1. The van der Waals surface area contributed by atoms with Crippen LogP contribution < -0.4 is 4.90 Å². The van der Waals surface area contributed by atoms with Crippen molar-refractivity contribution in [2.75, 3.05) is 31.1 Å². The zero-order valence-electron chi connectivity index (χ0n) is 21.9. The molecule has 2 aromatic heterocycles. The number of amides is 1. The van der Waals surface area contributed by atoms with Gasteiger partial charge >= 0.3 is 0 Å². The summed E-state index contributed by atoms with van der Waals surface area (Å²) in [7, 11) is 0. The maximum Gasteiger partial charge on any atom is 0.268 e. The van der Waals surface area contributed by atoms with Crippen molar-refractivity contribution >= 4 is 23.1 Å². The number of nitriles is 1. The number of alkyl halides is 2. The summed E-state index contributed by atoms with van der Waals surface area (Å²) >= 11 is 1.25. The summed E-state index contributed by atoms with van der Waals surface area (Å²) in [4.78, 5) is 25.5. The highest BCUT2D eigenvalue weighted by Gasteiger charge is 2.84. The molecule has 204 valence electrons. The van der Waals surface area contributed by atoms with Crippen LogP contribution in [0.3, 0.4) is 0 Å². The van der Waals surface area contributed by atoms with Gasteiger partial charge in [-0.25, -0.2) is 23.1 Å². The van der Waals surface area contributed by atoms with Crippen LogP contribution in [0.15, 0.2) is 42.4 Å². The molecule has 0 unspecified atom stereocenters. The molecule has 2 saturated heterocycles. The second-order valence-corrected chi connectivity index (χ2v) is 12.4. The lowest BCUT2D eigenvalue weighted by Crippen LogP contribution is -2.59. The van der Waals surface area contributed by atoms with E-state index in [0.717, 1.165) is 6.42 Å². The number of rotatable bonds is 4. The zero-order chi connectivity index (χ0) is 28.0. The number of hydrogen-bond acceptors (Lipinski definition) is 6. The fraction of sp³-hybridized carbons (Fsp3) is 0.400. The topological polar surface area (TPSA) is 73.1 Å². The molecular weight excluding hydrogens is 535 g/mol. The van der Waals surface area contributed by atoms with Crippen molar-refractivity contribution in [3.05, 3.63) is 75.6 Å². The Labute approximate surface area is 233 Å². The summed E-state index contributed by atoms with van der Waals surface area (Å²) in [6.45, 7) is 7.54. The van der Waals surface area contributed by atoms with Gasteiger partial charge in [0.2, 0.25) is 5.91 Å². The fourth-order valence-electron chi connectivity index (χ4n) is 7.46. The average Bonchev–Trinajstić information content (AvgIpc) is 3.30. The highest BCUT2D eigenvalue weighted by atomic mass is 32.1. The first-order valence-corrected chi connectivity index (χ1v) is 14.2. The van der Waals surface area contributed by atoms with Crippen LogP contribution in [-0.2, 0) is 16.6 Å². The molecule has 4 aliphatic rings. The molecule has 4 heterocycles. The van der Waals surface area contributed by atoms with Crippen molar-refractivity contribution in [2.45, 2.75) is 43.4 Å². The molecule has 1 saturated carbocycles. The highest BCUT2D eigenvalue weighted by molar-refractivity contribution is 7.10. The van der Waals surface area contributed by atoms with E-state index in [1.54, 1.807) is 35.5 Å². The van der Waals surface area contributed by atoms with Crippen LogP contribution in [0.25, 0.3) is 11.1 Å². The largest absolute Gasteiger partial charge is 0.355 e. The van der Waals surface area contributed by atoms with Crippen molar-refractivity contribution in [1.29, 1.82) is 5.26 Å². The summed E-state index contributed by atoms with van der Waals surface area (Å²) < 4.78 is 47.2. The summed E-state index contributed by atoms with van der Waals surface area (Å²) in [5, 5.41) is 10.4. The third-order valence-electron chi connectivity index (χ3n) is 9.40. The van der Waals surface area contributed by atoms with Gasteiger partial charge < -0.3 is 9.80 Å². The lowest BCUT2D eigenvalue weighted by atomic mass is 9.79. The monoisotopic (exact) mass is 561 g/mol. The van der Waals surface area contributed by atoms with Gasteiger partial charge in [0.25, 0.3) is 5.92 Å². The van der Waals surface area contributed by atoms with Gasteiger partial charge in [0, 0.05) is 47.6 Å². The number of aryl methyl sites for hydroxylation is 1. The molecular formula is C30H26F3N5OS. The molecule has 2 atom stereocenters. The van der Waals surface area contributed by atoms with Crippen LogP contribution in [0, 0.1) is 29.5 Å². The molecule has 3 fully saturated rings. The van der Waals surface area contributed by atoms with E-state index < -0.39 is 23.1 Å². The van der Waals surface area contributed by atoms with E-state index in [1.807, 2.05) is 4.90 Å². The Balaban J connectivity index is 1.38. The minimum Gasteiger partial charge on any atom is -0.355 e. The Morgan fingerprint density at radius 2 is 2.02 bits per heavy atom. The molecule has 1 amide bonds. The molecule has 1 aromatic carbocycles. The zero-order valence-corrected chi connectivity index (χ0v) is 22.7. The number of anilines is 1. The molecule has 2 aliphatic carbocycles. The van der Waals surface area contributed by atoms with Crippen molar-refractivity contribution in [3.63, 3.8) is 0 Å². The normalized spacial score (nSPS) is 25.1. The van der Waals surface area contributed by atoms with E-state index in [0.29, 0.717) is 53.7 Å². The van der Waals surface area contributed by atoms with Crippen molar-refractivity contribution in [2.24, 2.45) is 5.41 Å². The van der Waals surface area contributed by atoms with Crippen molar-refractivity contribution < 1.29 is 18.0 Å². The Morgan fingerprint density at radius 1 is 1.25 bits per heavy atom. The third-order valence-corrected chi connectivity index (χ3v) is 10.5. The second-order valence-electron chi connectivity index (χ2n) is 11.5. The molecule has 1 spiro atoms. The predicted molar refractivity (Wildman–Crippen MR) is 145 cm³/mol. The van der Waals surface area contributed by atoms with E-state index in [2.05, 4.69) is 17.6 Å². The quantitative estimate of drug-likeness (QED) is 0.401. The summed E-state index contributed by atoms with van der Waals surface area (Å²) in [6.07, 6.45) is 2.50. The Kier molecular flexibility index (Phi) is 5.31. The maximum absolute atomic E-state index is 16.0. The molecule has 2 aliphatic heterocycles. The lowest BCUT2D eigenvalue weighted by Gasteiger charge is -2.47. The Bertz CT molecular complexity index is 1640. The maximum atomic E-state index is 16.0. The summed E-state index contributed by atoms with van der Waals surface area (Å²) in [5.74, 6) is -4.51. The number of pyridine rings is 1. The first-order valence-electron chi connectivity index (χ1n) is 13.3. The highest BCUT2D eigenvalue weighted by Crippen LogP contribution is 2.76. The van der Waals surface area contributed by atoms with Gasteiger partial charge in [0.1, 0.15) is 23.3 Å². The smallest absolute Gasteiger partial charge is 0.268 e. The van der Waals surface area contributed by atoms with Gasteiger partial charge in [-0.05, 0) is 43.9 Å². The molecule has 7 rings (SSSR count). The molecule has 0 bridgehead atoms. The van der Waals surface area contributed by atoms with Crippen molar-refractivity contribution in [1.82, 2.24) is 14.9 Å². The molecule has 40 heavy (non-hydrogen) atoms. The van der Waals surface area contributed by atoms with Crippen LogP contribution in [0.1, 0.15) is 46.2 Å². The predicted octanol–water partition coefficient (Wildman–Crippen LogP) is 5.37. The number of carbonyl (C=O) groups excluding carboxylic acids is 1. The second kappa shape index (κ2) is 8.40. The van der Waals surface area contributed by atoms with Crippen LogP contribution >= 0.6 is 11.3 Å². The Hall–Kier alpha value is -3.71. The number of hydrogen-bond donors (Lipinski definition) is 0. The number of benzene rings is 1. The van der Waals surface area contributed by atoms with Gasteiger partial charge in [0.15, 0.2) is 0 Å². The number of carbonyl (C=O) groups is 1. The van der Waals surface area contributed by atoms with Crippen LogP contribution in [0.5, 0.6) is 0 Å². The molecule has 10 heteroatoms. The third kappa shape index (κ3) is 3.18. The van der Waals surface area contributed by atoms with E-state index >= 15 is 13.2 Å². The van der Waals surface area contributed by atoms with Gasteiger partial charge in [-0.2, -0.15) is 5.26 Å². The van der Waals surface area contributed by atoms with Gasteiger partial charge in [-0.15, -0.1) is 11.3 Å². The number of aromatic nitrogens is 2. The number of nitrogens with zero attached hydrogens (tertiary/aromatic N) is 5. The van der Waals surface area contributed by atoms with Gasteiger partial charge in [0.05, 0.1) is 28.2 Å². The first-order chi connectivity index (χ1) is 19.2. The molecule has 0 radical (unpaired) electrons. The van der Waals surface area contributed by atoms with E-state index in [4.69, 9.17) is 4.98 Å². The number of halogens is 3. The lowest BCUT2D eigenvalue weighted by molar-refractivity contribution is -0.136. The van der Waals surface area contributed by atoms with E-state index in [9.17, 15) is 10.1 Å². The van der Waals surface area contributed by atoms with E-state index in [1.165, 1.54) is 23.5 Å². The van der Waals surface area contributed by atoms with Crippen molar-refractivity contribution in [3.8, 4) is 17.2 Å². The molecule has 6 nitrogen and oxygen atoms in total. The summed E-state index contributed by atoms with van der Waals surface area (Å²) in [6, 6.07) is 8.46. The number of likely N-dealkylation sites (tertiary alicyclic amines) is 1. The van der Waals surface area contributed by atoms with E-state index in [-0.39, 0.29) is 41.0 Å². The number of thiazole rings is 1. The van der Waals surface area contributed by atoms with Crippen LogP contribution in [0.2, 0.25) is 0 Å². The summed E-state index contributed by atoms with van der Waals surface area (Å²) in [5.41, 5.74) is 2.26.